The van der Waals surface area contributed by atoms with Gasteiger partial charge in [0.05, 0.1) is 16.4 Å². The van der Waals surface area contributed by atoms with Gasteiger partial charge in [-0.05, 0) is 104 Å². The molecule has 0 saturated heterocycles. The smallest absolute Gasteiger partial charge is 0.0714 e. The fourth-order valence-electron chi connectivity index (χ4n) is 8.51. The summed E-state index contributed by atoms with van der Waals surface area (Å²) in [6.45, 7) is 0. The van der Waals surface area contributed by atoms with Gasteiger partial charge < -0.3 is 4.57 Å². The lowest BCUT2D eigenvalue weighted by Gasteiger charge is -2.34. The SMILES string of the molecule is Clc1ccc(-c2ccc3c(c2)c2cc(-c4ccccc4)ccc2n3-c2ccc3c(c2)C(c2ccccc2)(c2ccccc2)c2ccccc2-3)cc1. The molecule has 1 aliphatic rings. The minimum Gasteiger partial charge on any atom is -0.309 e. The molecule has 0 spiro atoms. The van der Waals surface area contributed by atoms with Crippen molar-refractivity contribution in [3.63, 3.8) is 0 Å². The zero-order chi connectivity index (χ0) is 33.9. The van der Waals surface area contributed by atoms with E-state index in [1.807, 2.05) is 12.1 Å². The number of halogens is 1. The van der Waals surface area contributed by atoms with Gasteiger partial charge in [0.1, 0.15) is 0 Å². The summed E-state index contributed by atoms with van der Waals surface area (Å²) in [6, 6.07) is 70.6. The van der Waals surface area contributed by atoms with Crippen molar-refractivity contribution >= 4 is 33.4 Å². The summed E-state index contributed by atoms with van der Waals surface area (Å²) in [5.74, 6) is 0. The number of fused-ring (bicyclic) bond motifs is 6. The number of hydrogen-bond donors (Lipinski definition) is 0. The molecule has 1 aromatic heterocycles. The van der Waals surface area contributed by atoms with E-state index in [0.717, 1.165) is 16.3 Å². The molecule has 0 radical (unpaired) electrons. The minimum atomic E-state index is -0.467. The Morgan fingerprint density at radius 2 is 0.863 bits per heavy atom. The average Bonchev–Trinajstić information content (AvgIpc) is 3.69. The highest BCUT2D eigenvalue weighted by Gasteiger charge is 2.46. The van der Waals surface area contributed by atoms with Crippen molar-refractivity contribution in [2.24, 2.45) is 0 Å². The molecule has 0 fully saturated rings. The molecule has 0 aliphatic heterocycles. The molecule has 0 unspecified atom stereocenters. The molecule has 0 N–H and O–H groups in total. The van der Waals surface area contributed by atoms with E-state index in [1.54, 1.807) is 0 Å². The Morgan fingerprint density at radius 1 is 0.373 bits per heavy atom. The van der Waals surface area contributed by atoms with Crippen LogP contribution < -0.4 is 0 Å². The quantitative estimate of drug-likeness (QED) is 0.172. The van der Waals surface area contributed by atoms with Crippen molar-refractivity contribution in [2.45, 2.75) is 5.41 Å². The standard InChI is InChI=1S/C49H32ClN/c50-39-24-20-34(21-25-39)36-23-29-48-44(31-36)43-30-35(33-12-4-1-5-13-33)22-28-47(43)51(48)40-26-27-42-41-18-10-11-19-45(41)49(46(42)32-40,37-14-6-2-7-15-37)38-16-8-3-9-17-38/h1-32H. The molecule has 2 heteroatoms. The first kappa shape index (κ1) is 29.7. The van der Waals surface area contributed by atoms with Crippen LogP contribution in [0.2, 0.25) is 5.02 Å². The Morgan fingerprint density at radius 3 is 1.47 bits per heavy atom. The van der Waals surface area contributed by atoms with Gasteiger partial charge in [0.25, 0.3) is 0 Å². The average molecular weight is 670 g/mol. The van der Waals surface area contributed by atoms with E-state index in [0.29, 0.717) is 0 Å². The van der Waals surface area contributed by atoms with Gasteiger partial charge in [0, 0.05) is 21.5 Å². The number of aromatic nitrogens is 1. The van der Waals surface area contributed by atoms with E-state index in [1.165, 1.54) is 71.9 Å². The summed E-state index contributed by atoms with van der Waals surface area (Å²) < 4.78 is 2.45. The van der Waals surface area contributed by atoms with Crippen LogP contribution in [-0.2, 0) is 5.41 Å². The van der Waals surface area contributed by atoms with Crippen LogP contribution in [0.5, 0.6) is 0 Å². The Bertz CT molecular complexity index is 2690. The first-order valence-electron chi connectivity index (χ1n) is 17.5. The maximum absolute atomic E-state index is 6.28. The van der Waals surface area contributed by atoms with E-state index in [4.69, 9.17) is 11.6 Å². The van der Waals surface area contributed by atoms with Gasteiger partial charge >= 0.3 is 0 Å². The zero-order valence-corrected chi connectivity index (χ0v) is 28.6. The molecule has 1 heterocycles. The van der Waals surface area contributed by atoms with Crippen molar-refractivity contribution in [3.05, 3.63) is 221 Å². The van der Waals surface area contributed by atoms with E-state index < -0.39 is 5.41 Å². The van der Waals surface area contributed by atoms with Gasteiger partial charge in [-0.2, -0.15) is 0 Å². The summed E-state index contributed by atoms with van der Waals surface area (Å²) in [7, 11) is 0. The van der Waals surface area contributed by atoms with Crippen LogP contribution in [0.15, 0.2) is 194 Å². The van der Waals surface area contributed by atoms with E-state index in [2.05, 4.69) is 187 Å². The first-order valence-corrected chi connectivity index (χ1v) is 17.8. The molecule has 0 bridgehead atoms. The minimum absolute atomic E-state index is 0.467. The van der Waals surface area contributed by atoms with Crippen molar-refractivity contribution < 1.29 is 0 Å². The fraction of sp³-hybridized carbons (Fsp3) is 0.0204. The predicted molar refractivity (Wildman–Crippen MR) is 214 cm³/mol. The highest BCUT2D eigenvalue weighted by atomic mass is 35.5. The lowest BCUT2D eigenvalue weighted by atomic mass is 9.67. The van der Waals surface area contributed by atoms with Crippen LogP contribution >= 0.6 is 11.6 Å². The molecular formula is C49H32ClN. The number of rotatable bonds is 5. The molecule has 240 valence electrons. The van der Waals surface area contributed by atoms with Gasteiger partial charge in [-0.3, -0.25) is 0 Å². The second kappa shape index (κ2) is 11.7. The number of hydrogen-bond acceptors (Lipinski definition) is 0. The molecule has 9 aromatic rings. The summed E-state index contributed by atoms with van der Waals surface area (Å²) in [6.07, 6.45) is 0. The molecule has 1 nitrogen and oxygen atoms in total. The molecule has 10 rings (SSSR count). The van der Waals surface area contributed by atoms with Crippen LogP contribution in [0.25, 0.3) is 60.9 Å². The second-order valence-electron chi connectivity index (χ2n) is 13.4. The van der Waals surface area contributed by atoms with E-state index >= 15 is 0 Å². The van der Waals surface area contributed by atoms with Crippen LogP contribution in [0.4, 0.5) is 0 Å². The molecular weight excluding hydrogens is 638 g/mol. The fourth-order valence-corrected chi connectivity index (χ4v) is 8.63. The van der Waals surface area contributed by atoms with Crippen molar-refractivity contribution in [3.8, 4) is 39.1 Å². The molecule has 1 aliphatic carbocycles. The number of nitrogens with zero attached hydrogens (tertiary/aromatic N) is 1. The summed E-state index contributed by atoms with van der Waals surface area (Å²) in [5.41, 5.74) is 15.5. The highest BCUT2D eigenvalue weighted by Crippen LogP contribution is 2.56. The van der Waals surface area contributed by atoms with E-state index in [9.17, 15) is 0 Å². The summed E-state index contributed by atoms with van der Waals surface area (Å²) >= 11 is 6.28. The first-order chi connectivity index (χ1) is 25.2. The molecule has 51 heavy (non-hydrogen) atoms. The Kier molecular flexibility index (Phi) is 6.84. The normalized spacial score (nSPS) is 13.0. The molecule has 0 atom stereocenters. The molecule has 0 amide bonds. The zero-order valence-electron chi connectivity index (χ0n) is 27.8. The maximum Gasteiger partial charge on any atom is 0.0714 e. The van der Waals surface area contributed by atoms with E-state index in [-0.39, 0.29) is 0 Å². The Balaban J connectivity index is 1.26. The van der Waals surface area contributed by atoms with Crippen LogP contribution in [0.3, 0.4) is 0 Å². The van der Waals surface area contributed by atoms with Crippen LogP contribution in [0.1, 0.15) is 22.3 Å². The van der Waals surface area contributed by atoms with Gasteiger partial charge in [-0.15, -0.1) is 0 Å². The third kappa shape index (κ3) is 4.55. The van der Waals surface area contributed by atoms with Crippen molar-refractivity contribution in [1.29, 1.82) is 0 Å². The lowest BCUT2D eigenvalue weighted by molar-refractivity contribution is 0.767. The Labute approximate surface area is 302 Å². The highest BCUT2D eigenvalue weighted by molar-refractivity contribution is 6.30. The van der Waals surface area contributed by atoms with Crippen molar-refractivity contribution in [2.75, 3.05) is 0 Å². The molecule has 8 aromatic carbocycles. The second-order valence-corrected chi connectivity index (χ2v) is 13.9. The predicted octanol–water partition coefficient (Wildman–Crippen LogP) is 13.1. The van der Waals surface area contributed by atoms with Crippen molar-refractivity contribution in [1.82, 2.24) is 4.57 Å². The van der Waals surface area contributed by atoms with Crippen LogP contribution in [0, 0.1) is 0 Å². The summed E-state index contributed by atoms with van der Waals surface area (Å²) in [4.78, 5) is 0. The van der Waals surface area contributed by atoms with Gasteiger partial charge in [0.15, 0.2) is 0 Å². The number of benzene rings is 8. The van der Waals surface area contributed by atoms with Crippen LogP contribution in [-0.4, -0.2) is 4.57 Å². The third-order valence-corrected chi connectivity index (χ3v) is 11.0. The third-order valence-electron chi connectivity index (χ3n) is 10.7. The van der Waals surface area contributed by atoms with Gasteiger partial charge in [-0.1, -0.05) is 157 Å². The summed E-state index contributed by atoms with van der Waals surface area (Å²) in [5, 5.41) is 3.18. The monoisotopic (exact) mass is 669 g/mol. The Hall–Kier alpha value is -6.15. The topological polar surface area (TPSA) is 4.93 Å². The largest absolute Gasteiger partial charge is 0.309 e. The van der Waals surface area contributed by atoms with Gasteiger partial charge in [0.2, 0.25) is 0 Å². The maximum atomic E-state index is 6.28. The van der Waals surface area contributed by atoms with Gasteiger partial charge in [-0.25, -0.2) is 0 Å². The lowest BCUT2D eigenvalue weighted by Crippen LogP contribution is -2.28. The molecule has 0 saturated carbocycles.